The van der Waals surface area contributed by atoms with Crippen molar-refractivity contribution in [3.63, 3.8) is 0 Å². The van der Waals surface area contributed by atoms with Crippen LogP contribution < -0.4 is 15.4 Å². The molecule has 0 aromatic heterocycles. The fourth-order valence-electron chi connectivity index (χ4n) is 3.10. The molecule has 0 unspecified atom stereocenters. The topological polar surface area (TPSA) is 72.0 Å². The van der Waals surface area contributed by atoms with Crippen LogP contribution in [0, 0.1) is 0 Å². The van der Waals surface area contributed by atoms with Crippen LogP contribution in [0.5, 0.6) is 5.75 Å². The molecule has 2 N–H and O–H groups in total. The summed E-state index contributed by atoms with van der Waals surface area (Å²) in [7, 11) is 1.76. The standard InChI is InChI=1S/C22H27N3O3/c1-3-27-21(26)18-7-4-17(5-8-18)15-25-22(23-2)24-12-10-16-6-9-20-19(14-16)11-13-28-20/h4-9,14H,3,10-13,15H2,1-2H3,(H2,23,24,25). The second-order valence-corrected chi connectivity index (χ2v) is 6.56. The molecule has 1 aliphatic heterocycles. The Morgan fingerprint density at radius 1 is 1.14 bits per heavy atom. The van der Waals surface area contributed by atoms with E-state index in [1.54, 1.807) is 26.1 Å². The first kappa shape index (κ1) is 19.7. The molecule has 2 aromatic carbocycles. The number of hydrogen-bond acceptors (Lipinski definition) is 4. The van der Waals surface area contributed by atoms with E-state index in [1.807, 2.05) is 12.1 Å². The van der Waals surface area contributed by atoms with Crippen molar-refractivity contribution in [3.05, 3.63) is 64.7 Å². The Morgan fingerprint density at radius 2 is 1.93 bits per heavy atom. The second-order valence-electron chi connectivity index (χ2n) is 6.56. The van der Waals surface area contributed by atoms with Gasteiger partial charge in [0.25, 0.3) is 0 Å². The number of hydrogen-bond donors (Lipinski definition) is 2. The molecule has 1 aliphatic rings. The van der Waals surface area contributed by atoms with Gasteiger partial charge in [0.05, 0.1) is 18.8 Å². The van der Waals surface area contributed by atoms with Crippen molar-refractivity contribution in [2.75, 3.05) is 26.8 Å². The molecular formula is C22H27N3O3. The molecule has 0 amide bonds. The highest BCUT2D eigenvalue weighted by atomic mass is 16.5. The Morgan fingerprint density at radius 3 is 2.68 bits per heavy atom. The van der Waals surface area contributed by atoms with Crippen molar-refractivity contribution >= 4 is 11.9 Å². The summed E-state index contributed by atoms with van der Waals surface area (Å²) in [6.45, 7) is 4.38. The molecule has 0 aliphatic carbocycles. The summed E-state index contributed by atoms with van der Waals surface area (Å²) in [5.74, 6) is 1.47. The highest BCUT2D eigenvalue weighted by Gasteiger charge is 2.11. The van der Waals surface area contributed by atoms with E-state index in [0.717, 1.165) is 43.3 Å². The van der Waals surface area contributed by atoms with Gasteiger partial charge in [-0.15, -0.1) is 0 Å². The third kappa shape index (κ3) is 5.25. The van der Waals surface area contributed by atoms with Crippen molar-refractivity contribution in [1.29, 1.82) is 0 Å². The molecule has 1 heterocycles. The van der Waals surface area contributed by atoms with Gasteiger partial charge in [0.15, 0.2) is 5.96 Å². The molecule has 0 fully saturated rings. The molecule has 28 heavy (non-hydrogen) atoms. The molecule has 0 atom stereocenters. The van der Waals surface area contributed by atoms with Crippen LogP contribution in [-0.2, 0) is 24.1 Å². The third-order valence-electron chi connectivity index (χ3n) is 4.61. The lowest BCUT2D eigenvalue weighted by Crippen LogP contribution is -2.37. The molecule has 0 saturated carbocycles. The number of guanidine groups is 1. The largest absolute Gasteiger partial charge is 0.493 e. The number of rotatable bonds is 7. The molecule has 148 valence electrons. The number of carbonyl (C=O) groups excluding carboxylic acids is 1. The first-order chi connectivity index (χ1) is 13.7. The van der Waals surface area contributed by atoms with Gasteiger partial charge in [-0.2, -0.15) is 0 Å². The van der Waals surface area contributed by atoms with E-state index >= 15 is 0 Å². The smallest absolute Gasteiger partial charge is 0.338 e. The molecule has 0 radical (unpaired) electrons. The molecule has 3 rings (SSSR count). The van der Waals surface area contributed by atoms with E-state index < -0.39 is 0 Å². The van der Waals surface area contributed by atoms with E-state index in [2.05, 4.69) is 33.8 Å². The zero-order valence-corrected chi connectivity index (χ0v) is 16.5. The van der Waals surface area contributed by atoms with Gasteiger partial charge in [-0.25, -0.2) is 4.79 Å². The van der Waals surface area contributed by atoms with Crippen LogP contribution in [0.3, 0.4) is 0 Å². The average molecular weight is 381 g/mol. The van der Waals surface area contributed by atoms with Crippen LogP contribution in [0.1, 0.15) is 34.0 Å². The predicted molar refractivity (Wildman–Crippen MR) is 110 cm³/mol. The number of esters is 1. The summed E-state index contributed by atoms with van der Waals surface area (Å²) in [5, 5.41) is 6.63. The lowest BCUT2D eigenvalue weighted by molar-refractivity contribution is 0.0526. The maximum atomic E-state index is 11.7. The summed E-state index contributed by atoms with van der Waals surface area (Å²) < 4.78 is 10.5. The number of benzene rings is 2. The Hall–Kier alpha value is -3.02. The molecule has 6 nitrogen and oxygen atoms in total. The van der Waals surface area contributed by atoms with Gasteiger partial charge in [-0.05, 0) is 48.2 Å². The summed E-state index contributed by atoms with van der Waals surface area (Å²) >= 11 is 0. The Balaban J connectivity index is 1.44. The van der Waals surface area contributed by atoms with Gasteiger partial charge >= 0.3 is 5.97 Å². The lowest BCUT2D eigenvalue weighted by Gasteiger charge is -2.12. The number of aliphatic imine (C=N–C) groups is 1. The molecule has 0 spiro atoms. The molecule has 0 bridgehead atoms. The number of nitrogens with zero attached hydrogens (tertiary/aromatic N) is 1. The third-order valence-corrected chi connectivity index (χ3v) is 4.61. The van der Waals surface area contributed by atoms with Gasteiger partial charge in [-0.1, -0.05) is 24.3 Å². The highest BCUT2D eigenvalue weighted by molar-refractivity contribution is 5.89. The van der Waals surface area contributed by atoms with Gasteiger partial charge in [0.2, 0.25) is 0 Å². The molecule has 0 saturated heterocycles. The van der Waals surface area contributed by atoms with Crippen molar-refractivity contribution in [3.8, 4) is 5.75 Å². The minimum absolute atomic E-state index is 0.294. The molecule has 2 aromatic rings. The normalized spacial score (nSPS) is 12.9. The second kappa shape index (κ2) is 9.78. The Bertz CT molecular complexity index is 831. The minimum atomic E-state index is -0.294. The van der Waals surface area contributed by atoms with Gasteiger partial charge < -0.3 is 20.1 Å². The fourth-order valence-corrected chi connectivity index (χ4v) is 3.10. The number of carbonyl (C=O) groups is 1. The summed E-state index contributed by atoms with van der Waals surface area (Å²) in [6, 6.07) is 13.8. The van der Waals surface area contributed by atoms with Crippen LogP contribution in [0.4, 0.5) is 0 Å². The zero-order chi connectivity index (χ0) is 19.8. The first-order valence-electron chi connectivity index (χ1n) is 9.64. The zero-order valence-electron chi connectivity index (χ0n) is 16.5. The molecular weight excluding hydrogens is 354 g/mol. The van der Waals surface area contributed by atoms with E-state index in [4.69, 9.17) is 9.47 Å². The van der Waals surface area contributed by atoms with Crippen LogP contribution >= 0.6 is 0 Å². The van der Waals surface area contributed by atoms with Crippen molar-refractivity contribution in [2.45, 2.75) is 26.3 Å². The quantitative estimate of drug-likeness (QED) is 0.438. The van der Waals surface area contributed by atoms with Crippen molar-refractivity contribution in [1.82, 2.24) is 10.6 Å². The lowest BCUT2D eigenvalue weighted by atomic mass is 10.1. The Labute approximate surface area is 166 Å². The van der Waals surface area contributed by atoms with E-state index in [0.29, 0.717) is 18.7 Å². The molecule has 6 heteroatoms. The van der Waals surface area contributed by atoms with E-state index in [-0.39, 0.29) is 5.97 Å². The van der Waals surface area contributed by atoms with E-state index in [9.17, 15) is 4.79 Å². The maximum absolute atomic E-state index is 11.7. The number of ether oxygens (including phenoxy) is 2. The fraction of sp³-hybridized carbons (Fsp3) is 0.364. The van der Waals surface area contributed by atoms with Crippen LogP contribution in [0.2, 0.25) is 0 Å². The minimum Gasteiger partial charge on any atom is -0.493 e. The van der Waals surface area contributed by atoms with Gasteiger partial charge in [0, 0.05) is 26.6 Å². The van der Waals surface area contributed by atoms with E-state index in [1.165, 1.54) is 11.1 Å². The summed E-state index contributed by atoms with van der Waals surface area (Å²) in [5.41, 5.74) is 4.22. The monoisotopic (exact) mass is 381 g/mol. The maximum Gasteiger partial charge on any atom is 0.338 e. The number of fused-ring (bicyclic) bond motifs is 1. The van der Waals surface area contributed by atoms with Gasteiger partial charge in [0.1, 0.15) is 5.75 Å². The SMILES string of the molecule is CCOC(=O)c1ccc(CNC(=NC)NCCc2ccc3c(c2)CCO3)cc1. The average Bonchev–Trinajstić information content (AvgIpc) is 3.19. The van der Waals surface area contributed by atoms with Crippen molar-refractivity contribution < 1.29 is 14.3 Å². The Kier molecular flexibility index (Phi) is 6.89. The highest BCUT2D eigenvalue weighted by Crippen LogP contribution is 2.25. The summed E-state index contributed by atoms with van der Waals surface area (Å²) in [4.78, 5) is 16.0. The van der Waals surface area contributed by atoms with Gasteiger partial charge in [-0.3, -0.25) is 4.99 Å². The predicted octanol–water partition coefficient (Wildman–Crippen LogP) is 2.71. The summed E-state index contributed by atoms with van der Waals surface area (Å²) in [6.07, 6.45) is 1.91. The van der Waals surface area contributed by atoms with Crippen LogP contribution in [-0.4, -0.2) is 38.7 Å². The first-order valence-corrected chi connectivity index (χ1v) is 9.64. The van der Waals surface area contributed by atoms with Crippen LogP contribution in [0.25, 0.3) is 0 Å². The van der Waals surface area contributed by atoms with Crippen molar-refractivity contribution in [2.24, 2.45) is 4.99 Å². The number of nitrogens with one attached hydrogen (secondary N) is 2. The van der Waals surface area contributed by atoms with Crippen LogP contribution in [0.15, 0.2) is 47.5 Å².